The van der Waals surface area contributed by atoms with E-state index in [1.165, 1.54) is 43.4 Å². The zero-order valence-corrected chi connectivity index (χ0v) is 11.8. The van der Waals surface area contributed by atoms with Crippen molar-refractivity contribution in [3.05, 3.63) is 35.4 Å². The second-order valence-electron chi connectivity index (χ2n) is 5.42. The molecule has 1 atom stereocenters. The first kappa shape index (κ1) is 13.6. The Labute approximate surface area is 111 Å². The Bertz CT molecular complexity index is 362. The average molecular weight is 246 g/mol. The van der Waals surface area contributed by atoms with Crippen molar-refractivity contribution in [2.45, 2.75) is 38.6 Å². The van der Waals surface area contributed by atoms with E-state index in [0.717, 1.165) is 13.1 Å². The van der Waals surface area contributed by atoms with E-state index in [4.69, 9.17) is 0 Å². The Kier molecular flexibility index (Phi) is 5.21. The lowest BCUT2D eigenvalue weighted by atomic mass is 9.94. The molecule has 1 unspecified atom stereocenters. The lowest BCUT2D eigenvalue weighted by molar-refractivity contribution is 0.280. The molecule has 1 aliphatic rings. The highest BCUT2D eigenvalue weighted by atomic mass is 15.1. The van der Waals surface area contributed by atoms with E-state index in [2.05, 4.69) is 48.5 Å². The fourth-order valence-corrected chi connectivity index (χ4v) is 2.79. The highest BCUT2D eigenvalue weighted by molar-refractivity contribution is 5.32. The summed E-state index contributed by atoms with van der Waals surface area (Å²) in [4.78, 5) is 2.47. The minimum absolute atomic E-state index is 0.515. The lowest BCUT2D eigenvalue weighted by Crippen LogP contribution is -2.37. The van der Waals surface area contributed by atoms with Crippen LogP contribution in [-0.4, -0.2) is 31.6 Å². The van der Waals surface area contributed by atoms with E-state index < -0.39 is 0 Å². The average Bonchev–Trinajstić information content (AvgIpc) is 2.39. The van der Waals surface area contributed by atoms with Gasteiger partial charge in [0, 0.05) is 12.6 Å². The maximum Gasteiger partial charge on any atom is 0.0452 e. The number of benzene rings is 1. The Balaban J connectivity index is 1.90. The summed E-state index contributed by atoms with van der Waals surface area (Å²) in [5.74, 6) is 0. The first-order valence-corrected chi connectivity index (χ1v) is 7.31. The molecule has 2 nitrogen and oxygen atoms in total. The van der Waals surface area contributed by atoms with Crippen LogP contribution in [0.15, 0.2) is 24.3 Å². The highest BCUT2D eigenvalue weighted by Crippen LogP contribution is 2.23. The van der Waals surface area contributed by atoms with Crippen molar-refractivity contribution < 1.29 is 0 Å². The van der Waals surface area contributed by atoms with E-state index in [9.17, 15) is 0 Å². The molecule has 0 aliphatic carbocycles. The summed E-state index contributed by atoms with van der Waals surface area (Å²) < 4.78 is 0. The van der Waals surface area contributed by atoms with Crippen LogP contribution in [0.2, 0.25) is 0 Å². The van der Waals surface area contributed by atoms with Gasteiger partial charge >= 0.3 is 0 Å². The van der Waals surface area contributed by atoms with Gasteiger partial charge in [-0.15, -0.1) is 0 Å². The normalized spacial score (nSPS) is 18.9. The molecular weight excluding hydrogens is 220 g/mol. The first-order valence-electron chi connectivity index (χ1n) is 7.31. The van der Waals surface area contributed by atoms with Crippen molar-refractivity contribution >= 4 is 0 Å². The zero-order valence-electron chi connectivity index (χ0n) is 11.8. The molecule has 1 N–H and O–H groups in total. The molecule has 0 spiro atoms. The second-order valence-corrected chi connectivity index (χ2v) is 5.42. The quantitative estimate of drug-likeness (QED) is 0.776. The Morgan fingerprint density at radius 3 is 2.94 bits per heavy atom. The van der Waals surface area contributed by atoms with Crippen LogP contribution in [0.3, 0.4) is 0 Å². The molecule has 2 heteroatoms. The van der Waals surface area contributed by atoms with Gasteiger partial charge in [0.25, 0.3) is 0 Å². The van der Waals surface area contributed by atoms with Crippen LogP contribution in [-0.2, 0) is 6.42 Å². The predicted octanol–water partition coefficient (Wildman–Crippen LogP) is 3.00. The van der Waals surface area contributed by atoms with Gasteiger partial charge in [0.05, 0.1) is 0 Å². The monoisotopic (exact) mass is 246 g/mol. The number of unbranched alkanes of at least 4 members (excludes halogenated alkanes) is 2. The van der Waals surface area contributed by atoms with E-state index in [1.807, 2.05) is 0 Å². The molecule has 0 aromatic heterocycles. The van der Waals surface area contributed by atoms with Crippen molar-refractivity contribution in [2.24, 2.45) is 0 Å². The van der Waals surface area contributed by atoms with Crippen molar-refractivity contribution in [1.29, 1.82) is 0 Å². The summed E-state index contributed by atoms with van der Waals surface area (Å²) in [5, 5.41) is 3.65. The van der Waals surface area contributed by atoms with E-state index >= 15 is 0 Å². The van der Waals surface area contributed by atoms with E-state index in [0.29, 0.717) is 6.04 Å². The maximum atomic E-state index is 3.65. The van der Waals surface area contributed by atoms with Crippen LogP contribution < -0.4 is 5.32 Å². The minimum Gasteiger partial charge on any atom is -0.309 e. The zero-order chi connectivity index (χ0) is 12.8. The molecule has 2 rings (SSSR count). The summed E-state index contributed by atoms with van der Waals surface area (Å²) in [6.07, 6.45) is 5.14. The summed E-state index contributed by atoms with van der Waals surface area (Å²) in [6, 6.07) is 9.40. The Hall–Kier alpha value is -0.860. The van der Waals surface area contributed by atoms with Crippen molar-refractivity contribution in [1.82, 2.24) is 10.2 Å². The largest absolute Gasteiger partial charge is 0.309 e. The van der Waals surface area contributed by atoms with Crippen LogP contribution in [0.5, 0.6) is 0 Å². The standard InChI is InChI=1S/C16H26N2/c1-3-4-7-12-18(2)13-16-15-9-6-5-8-14(15)10-11-17-16/h5-6,8-9,16-17H,3-4,7,10-13H2,1-2H3. The molecule has 0 fully saturated rings. The topological polar surface area (TPSA) is 15.3 Å². The second kappa shape index (κ2) is 6.91. The highest BCUT2D eigenvalue weighted by Gasteiger charge is 2.19. The molecule has 18 heavy (non-hydrogen) atoms. The van der Waals surface area contributed by atoms with Gasteiger partial charge in [0.15, 0.2) is 0 Å². The van der Waals surface area contributed by atoms with Gasteiger partial charge in [0.1, 0.15) is 0 Å². The van der Waals surface area contributed by atoms with Crippen LogP contribution in [0.1, 0.15) is 43.4 Å². The number of nitrogens with one attached hydrogen (secondary N) is 1. The first-order chi connectivity index (χ1) is 8.81. The molecule has 0 amide bonds. The number of hydrogen-bond acceptors (Lipinski definition) is 2. The molecule has 100 valence electrons. The van der Waals surface area contributed by atoms with Crippen LogP contribution in [0, 0.1) is 0 Å². The smallest absolute Gasteiger partial charge is 0.0452 e. The molecule has 0 radical (unpaired) electrons. The number of likely N-dealkylation sites (N-methyl/N-ethyl adjacent to an activating group) is 1. The van der Waals surface area contributed by atoms with Gasteiger partial charge in [-0.1, -0.05) is 44.0 Å². The molecule has 1 aromatic rings. The summed E-state index contributed by atoms with van der Waals surface area (Å²) in [6.45, 7) is 5.72. The molecule has 1 aromatic carbocycles. The number of rotatable bonds is 6. The van der Waals surface area contributed by atoms with Crippen LogP contribution >= 0.6 is 0 Å². The Morgan fingerprint density at radius 2 is 2.11 bits per heavy atom. The Morgan fingerprint density at radius 1 is 1.28 bits per heavy atom. The molecule has 0 saturated carbocycles. The van der Waals surface area contributed by atoms with Gasteiger partial charge in [0.2, 0.25) is 0 Å². The maximum absolute atomic E-state index is 3.65. The van der Waals surface area contributed by atoms with E-state index in [-0.39, 0.29) is 0 Å². The predicted molar refractivity (Wildman–Crippen MR) is 77.9 cm³/mol. The van der Waals surface area contributed by atoms with Gasteiger partial charge < -0.3 is 10.2 Å². The molecular formula is C16H26N2. The van der Waals surface area contributed by atoms with Gasteiger partial charge in [-0.05, 0) is 44.1 Å². The summed E-state index contributed by atoms with van der Waals surface area (Å²) in [5.41, 5.74) is 3.04. The number of nitrogens with zero attached hydrogens (tertiary/aromatic N) is 1. The third kappa shape index (κ3) is 3.56. The minimum atomic E-state index is 0.515. The summed E-state index contributed by atoms with van der Waals surface area (Å²) >= 11 is 0. The van der Waals surface area contributed by atoms with Gasteiger partial charge in [-0.3, -0.25) is 0 Å². The SMILES string of the molecule is CCCCCN(C)CC1NCCc2ccccc21. The van der Waals surface area contributed by atoms with Gasteiger partial charge in [-0.2, -0.15) is 0 Å². The van der Waals surface area contributed by atoms with Crippen molar-refractivity contribution in [2.75, 3.05) is 26.7 Å². The molecule has 1 aliphatic heterocycles. The van der Waals surface area contributed by atoms with Crippen molar-refractivity contribution in [3.63, 3.8) is 0 Å². The van der Waals surface area contributed by atoms with Gasteiger partial charge in [-0.25, -0.2) is 0 Å². The number of hydrogen-bond donors (Lipinski definition) is 1. The molecule has 1 heterocycles. The third-order valence-electron chi connectivity index (χ3n) is 3.85. The fourth-order valence-electron chi connectivity index (χ4n) is 2.79. The molecule has 0 bridgehead atoms. The number of fused-ring (bicyclic) bond motifs is 1. The van der Waals surface area contributed by atoms with Crippen LogP contribution in [0.25, 0.3) is 0 Å². The van der Waals surface area contributed by atoms with Crippen LogP contribution in [0.4, 0.5) is 0 Å². The fraction of sp³-hybridized carbons (Fsp3) is 0.625. The lowest BCUT2D eigenvalue weighted by Gasteiger charge is -2.30. The summed E-state index contributed by atoms with van der Waals surface area (Å²) in [7, 11) is 2.24. The third-order valence-corrected chi connectivity index (χ3v) is 3.85. The van der Waals surface area contributed by atoms with E-state index in [1.54, 1.807) is 0 Å². The molecule has 0 saturated heterocycles. The van der Waals surface area contributed by atoms with Crippen molar-refractivity contribution in [3.8, 4) is 0 Å².